The number of amides is 1. The van der Waals surface area contributed by atoms with Gasteiger partial charge in [0.25, 0.3) is 0 Å². The van der Waals surface area contributed by atoms with Crippen molar-refractivity contribution < 1.29 is 34.3 Å². The monoisotopic (exact) mass is 517 g/mol. The van der Waals surface area contributed by atoms with Crippen LogP contribution in [0.25, 0.3) is 0 Å². The maximum absolute atomic E-state index is 12.1. The van der Waals surface area contributed by atoms with Crippen LogP contribution in [-0.4, -0.2) is 82.1 Å². The lowest BCUT2D eigenvalue weighted by Gasteiger charge is -2.30. The summed E-state index contributed by atoms with van der Waals surface area (Å²) in [6, 6.07) is 1.75. The van der Waals surface area contributed by atoms with Crippen LogP contribution in [0.5, 0.6) is 11.8 Å². The van der Waals surface area contributed by atoms with Gasteiger partial charge in [0.2, 0.25) is 11.8 Å². The first-order valence-electron chi connectivity index (χ1n) is 12.6. The molecule has 0 bridgehead atoms. The lowest BCUT2D eigenvalue weighted by molar-refractivity contribution is -0.214. The Hall–Kier alpha value is -1.50. The van der Waals surface area contributed by atoms with Crippen LogP contribution >= 0.6 is 11.8 Å². The number of aromatic nitrogens is 1. The third kappa shape index (κ3) is 10.6. The molecule has 1 amide bonds. The fourth-order valence-corrected chi connectivity index (χ4v) is 4.54. The summed E-state index contributed by atoms with van der Waals surface area (Å²) in [7, 11) is 0. The first kappa shape index (κ1) is 29.7. The number of hydrogen-bond acceptors (Lipinski definition) is 9. The molecule has 0 aromatic carbocycles. The first-order valence-corrected chi connectivity index (χ1v) is 13.4. The zero-order valence-corrected chi connectivity index (χ0v) is 22.2. The van der Waals surface area contributed by atoms with Crippen molar-refractivity contribution in [1.82, 2.24) is 15.2 Å². The van der Waals surface area contributed by atoms with Gasteiger partial charge in [-0.3, -0.25) is 14.7 Å². The molecule has 2 rings (SSSR count). The van der Waals surface area contributed by atoms with Gasteiger partial charge in [-0.1, -0.05) is 20.8 Å². The molecular formula is C24H43N3O7S. The van der Waals surface area contributed by atoms with E-state index in [-0.39, 0.29) is 62.7 Å². The third-order valence-corrected chi connectivity index (χ3v) is 7.24. The SMILES string of the molecule is CCC(C)NC(O)COC1CCCC(COCC(=O)NCCn2c(O)cc(SC(C)CC)c2O)O1. The van der Waals surface area contributed by atoms with Gasteiger partial charge < -0.3 is 34.8 Å². The van der Waals surface area contributed by atoms with Crippen molar-refractivity contribution in [2.24, 2.45) is 0 Å². The molecule has 1 saturated heterocycles. The predicted molar refractivity (Wildman–Crippen MR) is 135 cm³/mol. The van der Waals surface area contributed by atoms with Gasteiger partial charge >= 0.3 is 0 Å². The molecule has 0 spiro atoms. The van der Waals surface area contributed by atoms with Gasteiger partial charge in [0.1, 0.15) is 12.8 Å². The summed E-state index contributed by atoms with van der Waals surface area (Å²) in [4.78, 5) is 12.7. The molecule has 1 aliphatic heterocycles. The van der Waals surface area contributed by atoms with Crippen LogP contribution in [0, 0.1) is 0 Å². The number of aromatic hydroxyl groups is 2. The van der Waals surface area contributed by atoms with Gasteiger partial charge in [0.05, 0.1) is 24.2 Å². The molecule has 2 heterocycles. The summed E-state index contributed by atoms with van der Waals surface area (Å²) >= 11 is 1.50. The van der Waals surface area contributed by atoms with Crippen LogP contribution in [0.4, 0.5) is 0 Å². The van der Waals surface area contributed by atoms with Gasteiger partial charge in [0.15, 0.2) is 12.2 Å². The molecule has 0 radical (unpaired) electrons. The van der Waals surface area contributed by atoms with E-state index in [1.807, 2.05) is 13.8 Å². The number of thioether (sulfide) groups is 1. The summed E-state index contributed by atoms with van der Waals surface area (Å²) in [6.07, 6.45) is 3.05. The fraction of sp³-hybridized carbons (Fsp3) is 0.792. The molecule has 202 valence electrons. The molecule has 11 heteroatoms. The number of carbonyl (C=O) groups excluding carboxylic acids is 1. The van der Waals surface area contributed by atoms with E-state index in [1.165, 1.54) is 16.3 Å². The van der Waals surface area contributed by atoms with Crippen LogP contribution in [-0.2, 0) is 25.5 Å². The second-order valence-electron chi connectivity index (χ2n) is 8.99. The van der Waals surface area contributed by atoms with Crippen molar-refractivity contribution in [3.63, 3.8) is 0 Å². The number of nitrogens with one attached hydrogen (secondary N) is 2. The maximum Gasteiger partial charge on any atom is 0.246 e. The van der Waals surface area contributed by atoms with E-state index in [1.54, 1.807) is 6.07 Å². The quantitative estimate of drug-likeness (QED) is 0.166. The van der Waals surface area contributed by atoms with Gasteiger partial charge in [-0.15, -0.1) is 11.8 Å². The number of aliphatic hydroxyl groups excluding tert-OH is 1. The minimum Gasteiger partial charge on any atom is -0.494 e. The Morgan fingerprint density at radius 3 is 2.77 bits per heavy atom. The van der Waals surface area contributed by atoms with E-state index < -0.39 is 12.5 Å². The van der Waals surface area contributed by atoms with Crippen LogP contribution < -0.4 is 10.6 Å². The van der Waals surface area contributed by atoms with Crippen LogP contribution in [0.1, 0.15) is 59.8 Å². The second kappa shape index (κ2) is 15.6. The Bertz CT molecular complexity index is 764. The minimum atomic E-state index is -0.741. The molecule has 5 atom stereocenters. The summed E-state index contributed by atoms with van der Waals surface area (Å²) in [5.41, 5.74) is 0. The van der Waals surface area contributed by atoms with Gasteiger partial charge in [0, 0.05) is 30.4 Å². The predicted octanol–water partition coefficient (Wildman–Crippen LogP) is 2.54. The van der Waals surface area contributed by atoms with Crippen molar-refractivity contribution in [2.75, 3.05) is 26.4 Å². The van der Waals surface area contributed by atoms with Crippen LogP contribution in [0.3, 0.4) is 0 Å². The largest absolute Gasteiger partial charge is 0.494 e. The molecule has 1 aromatic heterocycles. The zero-order valence-electron chi connectivity index (χ0n) is 21.4. The number of rotatable bonds is 16. The maximum atomic E-state index is 12.1. The van der Waals surface area contributed by atoms with E-state index in [0.29, 0.717) is 10.1 Å². The highest BCUT2D eigenvalue weighted by Crippen LogP contribution is 2.37. The van der Waals surface area contributed by atoms with E-state index in [4.69, 9.17) is 14.2 Å². The van der Waals surface area contributed by atoms with Crippen LogP contribution in [0.2, 0.25) is 0 Å². The number of nitrogens with zero attached hydrogens (tertiary/aromatic N) is 1. The minimum absolute atomic E-state index is 0.00712. The Labute approximate surface area is 212 Å². The van der Waals surface area contributed by atoms with Crippen molar-refractivity contribution >= 4 is 17.7 Å². The van der Waals surface area contributed by atoms with Crippen molar-refractivity contribution in [1.29, 1.82) is 0 Å². The lowest BCUT2D eigenvalue weighted by atomic mass is 10.1. The molecule has 0 aliphatic carbocycles. The highest BCUT2D eigenvalue weighted by Gasteiger charge is 2.24. The highest BCUT2D eigenvalue weighted by molar-refractivity contribution is 8.00. The molecule has 35 heavy (non-hydrogen) atoms. The molecule has 5 unspecified atom stereocenters. The molecule has 10 nitrogen and oxygen atoms in total. The van der Waals surface area contributed by atoms with Gasteiger partial charge in [-0.05, 0) is 39.0 Å². The summed E-state index contributed by atoms with van der Waals surface area (Å²) in [5, 5.41) is 36.5. The normalized spacial score (nSPS) is 20.9. The van der Waals surface area contributed by atoms with E-state index in [9.17, 15) is 20.1 Å². The van der Waals surface area contributed by atoms with Gasteiger partial charge in [-0.2, -0.15) is 0 Å². The number of carbonyl (C=O) groups is 1. The number of ether oxygens (including phenoxy) is 3. The standard InChI is InChI=1S/C24H43N3O7S/c1-5-16(3)26-21(29)15-33-23-9-7-8-18(34-23)13-32-14-20(28)25-10-11-27-22(30)12-19(24(27)31)35-17(4)6-2/h12,16-18,21,23,26,29-31H,5-11,13-15H2,1-4H3,(H,25,28). The molecule has 1 fully saturated rings. The molecule has 5 N–H and O–H groups in total. The summed E-state index contributed by atoms with van der Waals surface area (Å²) in [5.74, 6) is -0.311. The Balaban J connectivity index is 1.63. The number of aliphatic hydroxyl groups is 1. The molecular weight excluding hydrogens is 474 g/mol. The van der Waals surface area contributed by atoms with E-state index >= 15 is 0 Å². The molecule has 0 saturated carbocycles. The second-order valence-corrected chi connectivity index (χ2v) is 10.5. The smallest absolute Gasteiger partial charge is 0.246 e. The van der Waals surface area contributed by atoms with Crippen molar-refractivity contribution in [3.8, 4) is 11.8 Å². The van der Waals surface area contributed by atoms with Crippen molar-refractivity contribution in [2.45, 2.75) is 101 Å². The Morgan fingerprint density at radius 2 is 2.06 bits per heavy atom. The average Bonchev–Trinajstić information content (AvgIpc) is 3.10. The molecule has 1 aliphatic rings. The number of hydrogen-bond donors (Lipinski definition) is 5. The van der Waals surface area contributed by atoms with Crippen LogP contribution in [0.15, 0.2) is 11.0 Å². The van der Waals surface area contributed by atoms with E-state index in [0.717, 1.165) is 32.1 Å². The fourth-order valence-electron chi connectivity index (χ4n) is 3.55. The first-order chi connectivity index (χ1) is 16.7. The summed E-state index contributed by atoms with van der Waals surface area (Å²) in [6.45, 7) is 8.97. The zero-order chi connectivity index (χ0) is 25.8. The van der Waals surface area contributed by atoms with Gasteiger partial charge in [-0.25, -0.2) is 0 Å². The molecule has 1 aromatic rings. The van der Waals surface area contributed by atoms with Crippen molar-refractivity contribution in [3.05, 3.63) is 6.07 Å². The highest BCUT2D eigenvalue weighted by atomic mass is 32.2. The third-order valence-electron chi connectivity index (χ3n) is 5.95. The lowest BCUT2D eigenvalue weighted by Crippen LogP contribution is -2.41. The Morgan fingerprint density at radius 1 is 1.29 bits per heavy atom. The Kier molecular flexibility index (Phi) is 13.2. The van der Waals surface area contributed by atoms with E-state index in [2.05, 4.69) is 24.5 Å². The summed E-state index contributed by atoms with van der Waals surface area (Å²) < 4.78 is 18.4. The topological polar surface area (TPSA) is 134 Å². The average molecular weight is 518 g/mol.